The number of halogens is 1. The number of carboxylic acids is 1. The Bertz CT molecular complexity index is 867. The molecule has 7 nitrogen and oxygen atoms in total. The number of benzene rings is 1. The summed E-state index contributed by atoms with van der Waals surface area (Å²) in [4.78, 5) is 42.7. The third-order valence-electron chi connectivity index (χ3n) is 6.21. The van der Waals surface area contributed by atoms with Crippen LogP contribution >= 0.6 is 11.6 Å². The maximum absolute atomic E-state index is 12.7. The molecule has 8 heteroatoms. The lowest BCUT2D eigenvalue weighted by molar-refractivity contribution is -0.305. The molecule has 0 N–H and O–H groups in total. The molecule has 2 heterocycles. The van der Waals surface area contributed by atoms with Gasteiger partial charge in [0.2, 0.25) is 11.8 Å². The molecule has 4 aliphatic rings. The molecule has 2 aliphatic heterocycles. The van der Waals surface area contributed by atoms with Gasteiger partial charge in [0.05, 0.1) is 30.1 Å². The summed E-state index contributed by atoms with van der Waals surface area (Å²) < 4.78 is 0. The molecule has 0 radical (unpaired) electrons. The summed E-state index contributed by atoms with van der Waals surface area (Å²) in [6, 6.07) is 7.27. The Morgan fingerprint density at radius 2 is 1.81 bits per heavy atom. The Hall–Kier alpha value is -2.41. The van der Waals surface area contributed by atoms with Crippen LogP contribution in [0.3, 0.4) is 0 Å². The maximum atomic E-state index is 12.7. The number of carbonyl (C=O) groups is 3. The molecule has 2 saturated carbocycles. The molecule has 1 saturated heterocycles. The maximum Gasteiger partial charge on any atom is 0.233 e. The van der Waals surface area contributed by atoms with Gasteiger partial charge >= 0.3 is 0 Å². The van der Waals surface area contributed by atoms with Crippen molar-refractivity contribution in [2.45, 2.75) is 12.5 Å². The van der Waals surface area contributed by atoms with E-state index in [-0.39, 0.29) is 23.9 Å². The lowest BCUT2D eigenvalue weighted by Gasteiger charge is -2.29. The van der Waals surface area contributed by atoms with Crippen molar-refractivity contribution in [3.63, 3.8) is 0 Å². The van der Waals surface area contributed by atoms with E-state index in [0.29, 0.717) is 11.4 Å². The van der Waals surface area contributed by atoms with Crippen molar-refractivity contribution in [1.29, 1.82) is 0 Å². The van der Waals surface area contributed by atoms with Crippen LogP contribution in [0.5, 0.6) is 0 Å². The van der Waals surface area contributed by atoms with Crippen molar-refractivity contribution >= 4 is 35.1 Å². The predicted molar refractivity (Wildman–Crippen MR) is 86.7 cm³/mol. The van der Waals surface area contributed by atoms with Gasteiger partial charge in [-0.1, -0.05) is 28.9 Å². The van der Waals surface area contributed by atoms with Crippen LogP contribution in [0.2, 0.25) is 5.02 Å². The highest BCUT2D eigenvalue weighted by Crippen LogP contribution is 2.61. The van der Waals surface area contributed by atoms with Crippen molar-refractivity contribution in [1.82, 2.24) is 4.90 Å². The summed E-state index contributed by atoms with van der Waals surface area (Å²) in [5, 5.41) is 15.8. The zero-order valence-electron chi connectivity index (χ0n) is 13.5. The van der Waals surface area contributed by atoms with Crippen molar-refractivity contribution in [3.05, 3.63) is 34.9 Å². The highest BCUT2D eigenvalue weighted by Gasteiger charge is 2.70. The van der Waals surface area contributed by atoms with Crippen molar-refractivity contribution in [2.75, 3.05) is 6.54 Å². The zero-order chi connectivity index (χ0) is 18.2. The fourth-order valence-corrected chi connectivity index (χ4v) is 5.46. The van der Waals surface area contributed by atoms with Crippen LogP contribution in [-0.4, -0.2) is 41.0 Å². The summed E-state index contributed by atoms with van der Waals surface area (Å²) in [7, 11) is 0. The first-order valence-corrected chi connectivity index (χ1v) is 8.90. The minimum atomic E-state index is -1.43. The van der Waals surface area contributed by atoms with Gasteiger partial charge in [-0.25, -0.2) is 0 Å². The van der Waals surface area contributed by atoms with Gasteiger partial charge < -0.3 is 14.7 Å². The van der Waals surface area contributed by atoms with Crippen molar-refractivity contribution in [2.24, 2.45) is 34.7 Å². The number of amides is 2. The molecule has 134 valence electrons. The molecular weight excluding hydrogens is 360 g/mol. The minimum Gasteiger partial charge on any atom is -0.548 e. The highest BCUT2D eigenvalue weighted by molar-refractivity contribution is 6.30. The fourth-order valence-electron chi connectivity index (χ4n) is 5.33. The van der Waals surface area contributed by atoms with Gasteiger partial charge in [0.25, 0.3) is 0 Å². The molecule has 2 amide bonds. The first-order valence-electron chi connectivity index (χ1n) is 8.52. The van der Waals surface area contributed by atoms with E-state index in [0.717, 1.165) is 16.2 Å². The number of carbonyl (C=O) groups excluding carboxylic acids is 3. The third kappa shape index (κ3) is 1.95. The Morgan fingerprint density at radius 3 is 2.46 bits per heavy atom. The van der Waals surface area contributed by atoms with Crippen molar-refractivity contribution < 1.29 is 24.3 Å². The molecule has 1 aromatic carbocycles. The van der Waals surface area contributed by atoms with E-state index in [1.807, 2.05) is 12.1 Å². The van der Waals surface area contributed by atoms with E-state index in [1.54, 1.807) is 12.1 Å². The molecule has 26 heavy (non-hydrogen) atoms. The number of carboxylic acid groups (broad SMARTS) is 1. The smallest absolute Gasteiger partial charge is 0.233 e. The lowest BCUT2D eigenvalue weighted by Crippen LogP contribution is -2.42. The van der Waals surface area contributed by atoms with E-state index >= 15 is 0 Å². The topological polar surface area (TPSA) is 99.1 Å². The molecule has 5 rings (SSSR count). The number of rotatable bonds is 3. The normalized spacial score (nSPS) is 36.8. The number of oxime groups is 1. The molecule has 2 bridgehead atoms. The quantitative estimate of drug-likeness (QED) is 0.698. The number of fused-ring (bicyclic) bond motifs is 8. The highest BCUT2D eigenvalue weighted by atomic mass is 35.5. The first kappa shape index (κ1) is 15.8. The Balaban J connectivity index is 1.47. The van der Waals surface area contributed by atoms with Gasteiger partial charge in [0.1, 0.15) is 6.10 Å². The van der Waals surface area contributed by atoms with Crippen LogP contribution in [-0.2, 0) is 19.2 Å². The molecule has 3 fully saturated rings. The molecule has 6 atom stereocenters. The molecule has 1 aromatic rings. The van der Waals surface area contributed by atoms with Gasteiger partial charge in [-0.3, -0.25) is 14.5 Å². The standard InChI is InChI=1S/C18H15ClN2O5/c19-8-3-1-7(2-4-8)15-14-9-5-10(16(14)26-20-15)13-12(9)17(24)21(18(13)25)6-11(22)23/h1-4,9-10,12-14,16H,5-6H2,(H,22,23)/p-1/t9-,10+,12-,13+,14-,16-/m1/s1. The average molecular weight is 374 g/mol. The SMILES string of the molecule is O=C([O-])CN1C(=O)[C@@H]2[C@H]3C[C@H]([C@H]4ON=C(c5ccc(Cl)cc5)[C@@H]34)[C@@H]2C1=O. The number of hydrogen-bond acceptors (Lipinski definition) is 6. The Labute approximate surface area is 153 Å². The molecule has 0 aromatic heterocycles. The van der Waals surface area contributed by atoms with Gasteiger partial charge in [-0.15, -0.1) is 0 Å². The second-order valence-electron chi connectivity index (χ2n) is 7.33. The number of aliphatic carboxylic acids is 1. The minimum absolute atomic E-state index is 0.0675. The van der Waals surface area contributed by atoms with E-state index in [4.69, 9.17) is 16.4 Å². The Kier molecular flexibility index (Phi) is 3.22. The summed E-state index contributed by atoms with van der Waals surface area (Å²) in [6.45, 7) is -0.682. The van der Waals surface area contributed by atoms with Gasteiger partial charge in [-0.05, 0) is 30.0 Å². The van der Waals surface area contributed by atoms with Gasteiger partial charge in [0, 0.05) is 16.9 Å². The lowest BCUT2D eigenvalue weighted by atomic mass is 9.71. The monoisotopic (exact) mass is 373 g/mol. The first-order chi connectivity index (χ1) is 12.5. The molecule has 2 aliphatic carbocycles. The number of hydrogen-bond donors (Lipinski definition) is 0. The second-order valence-corrected chi connectivity index (χ2v) is 7.77. The van der Waals surface area contributed by atoms with E-state index in [1.165, 1.54) is 0 Å². The van der Waals surface area contributed by atoms with Gasteiger partial charge in [-0.2, -0.15) is 0 Å². The average Bonchev–Trinajstić information content (AvgIpc) is 3.32. The van der Waals surface area contributed by atoms with Crippen LogP contribution in [0, 0.1) is 29.6 Å². The number of likely N-dealkylation sites (tertiary alicyclic amines) is 1. The van der Waals surface area contributed by atoms with Gasteiger partial charge in [0.15, 0.2) is 0 Å². The van der Waals surface area contributed by atoms with Crippen LogP contribution < -0.4 is 5.11 Å². The third-order valence-corrected chi connectivity index (χ3v) is 6.46. The largest absolute Gasteiger partial charge is 0.548 e. The van der Waals surface area contributed by atoms with Crippen LogP contribution in [0.25, 0.3) is 0 Å². The summed E-state index contributed by atoms with van der Waals surface area (Å²) >= 11 is 5.95. The van der Waals surface area contributed by atoms with E-state index < -0.39 is 36.2 Å². The van der Waals surface area contributed by atoms with Crippen LogP contribution in [0.1, 0.15) is 12.0 Å². The number of imide groups is 1. The van der Waals surface area contributed by atoms with Crippen LogP contribution in [0.15, 0.2) is 29.4 Å². The Morgan fingerprint density at radius 1 is 1.15 bits per heavy atom. The van der Waals surface area contributed by atoms with Crippen molar-refractivity contribution in [3.8, 4) is 0 Å². The summed E-state index contributed by atoms with van der Waals surface area (Å²) in [5.41, 5.74) is 1.66. The van der Waals surface area contributed by atoms with E-state index in [2.05, 4.69) is 5.16 Å². The van der Waals surface area contributed by atoms with Crippen LogP contribution in [0.4, 0.5) is 0 Å². The zero-order valence-corrected chi connectivity index (χ0v) is 14.3. The van der Waals surface area contributed by atoms with E-state index in [9.17, 15) is 19.5 Å². The summed E-state index contributed by atoms with van der Waals surface area (Å²) in [6.07, 6.45) is 0.472. The fraction of sp³-hybridized carbons (Fsp3) is 0.444. The molecule has 0 spiro atoms. The second kappa shape index (κ2) is 5.30. The molecule has 0 unspecified atom stereocenters. The number of nitrogens with zero attached hydrogens (tertiary/aromatic N) is 2. The predicted octanol–water partition coefficient (Wildman–Crippen LogP) is 0.0599. The summed E-state index contributed by atoms with van der Waals surface area (Å²) in [5.74, 6) is -3.51. The molecular formula is C18H14ClN2O5-.